The number of pyridine rings is 1. The van der Waals surface area contributed by atoms with Crippen LogP contribution < -0.4 is 5.32 Å². The highest BCUT2D eigenvalue weighted by Crippen LogP contribution is 2.41. The van der Waals surface area contributed by atoms with Crippen LogP contribution in [0.3, 0.4) is 0 Å². The molecule has 3 heterocycles. The molecular weight excluding hydrogens is 344 g/mol. The Labute approximate surface area is 161 Å². The second-order valence-corrected chi connectivity index (χ2v) is 7.49. The van der Waals surface area contributed by atoms with Gasteiger partial charge in [0.25, 0.3) is 0 Å². The molecular formula is C20H28N4OS. The third-order valence-corrected chi connectivity index (χ3v) is 5.44. The molecule has 5 nitrogen and oxygen atoms in total. The summed E-state index contributed by atoms with van der Waals surface area (Å²) < 4.78 is 7.71. The van der Waals surface area contributed by atoms with Crippen molar-refractivity contribution in [1.82, 2.24) is 19.8 Å². The van der Waals surface area contributed by atoms with E-state index < -0.39 is 0 Å². The molecule has 2 aromatic heterocycles. The molecule has 6 heteroatoms. The Bertz CT molecular complexity index is 772. The summed E-state index contributed by atoms with van der Waals surface area (Å²) in [5, 5.41) is 4.25. The first kappa shape index (κ1) is 18.9. The number of thiocarbonyl (C=S) groups is 1. The highest BCUT2D eigenvalue weighted by Gasteiger charge is 2.41. The minimum atomic E-state index is 0.0293. The molecule has 0 spiro atoms. The number of hydrogen-bond acceptors (Lipinski definition) is 3. The number of aryl methyl sites for hydroxylation is 1. The van der Waals surface area contributed by atoms with Gasteiger partial charge in [-0.05, 0) is 63.7 Å². The van der Waals surface area contributed by atoms with Gasteiger partial charge < -0.3 is 19.5 Å². The van der Waals surface area contributed by atoms with Crippen molar-refractivity contribution in [3.8, 4) is 0 Å². The Kier molecular flexibility index (Phi) is 5.63. The van der Waals surface area contributed by atoms with E-state index in [2.05, 4.69) is 59.6 Å². The summed E-state index contributed by atoms with van der Waals surface area (Å²) in [7, 11) is 1.72. The van der Waals surface area contributed by atoms with E-state index in [1.54, 1.807) is 7.11 Å². The summed E-state index contributed by atoms with van der Waals surface area (Å²) >= 11 is 5.67. The Morgan fingerprint density at radius 2 is 2.08 bits per heavy atom. The van der Waals surface area contributed by atoms with E-state index in [1.807, 2.05) is 18.3 Å². The molecule has 0 aliphatic carbocycles. The summed E-state index contributed by atoms with van der Waals surface area (Å²) in [5.74, 6) is 0. The number of ether oxygens (including phenoxy) is 1. The SMILES string of the molecule is COCCN1C(=S)N[C@H](c2ccccn2)[C@@H]1c1cc(C)n(C(C)C)c1C. The third kappa shape index (κ3) is 3.35. The highest BCUT2D eigenvalue weighted by atomic mass is 32.1. The number of aromatic nitrogens is 2. The molecule has 0 bridgehead atoms. The Morgan fingerprint density at radius 1 is 1.31 bits per heavy atom. The maximum Gasteiger partial charge on any atom is 0.170 e. The summed E-state index contributed by atoms with van der Waals surface area (Å²) in [6, 6.07) is 8.89. The molecule has 0 unspecified atom stereocenters. The molecule has 2 atom stereocenters. The predicted molar refractivity (Wildman–Crippen MR) is 108 cm³/mol. The summed E-state index contributed by atoms with van der Waals surface area (Å²) in [6.07, 6.45) is 1.84. The van der Waals surface area contributed by atoms with Gasteiger partial charge in [0.1, 0.15) is 0 Å². The Balaban J connectivity index is 2.08. The quantitative estimate of drug-likeness (QED) is 0.783. The van der Waals surface area contributed by atoms with E-state index in [0.717, 1.165) is 17.4 Å². The van der Waals surface area contributed by atoms with Crippen LogP contribution in [-0.2, 0) is 4.74 Å². The van der Waals surface area contributed by atoms with E-state index in [9.17, 15) is 0 Å². The van der Waals surface area contributed by atoms with Crippen molar-refractivity contribution in [1.29, 1.82) is 0 Å². The lowest BCUT2D eigenvalue weighted by Crippen LogP contribution is -2.32. The van der Waals surface area contributed by atoms with Gasteiger partial charge in [-0.2, -0.15) is 0 Å². The van der Waals surface area contributed by atoms with Gasteiger partial charge in [-0.3, -0.25) is 4.98 Å². The van der Waals surface area contributed by atoms with Crippen LogP contribution in [0.5, 0.6) is 0 Å². The molecule has 26 heavy (non-hydrogen) atoms. The molecule has 140 valence electrons. The number of rotatable bonds is 6. The summed E-state index contributed by atoms with van der Waals surface area (Å²) in [4.78, 5) is 6.83. The normalized spacial score (nSPS) is 20.1. The van der Waals surface area contributed by atoms with Crippen molar-refractivity contribution in [3.63, 3.8) is 0 Å². The van der Waals surface area contributed by atoms with E-state index in [1.165, 1.54) is 17.0 Å². The predicted octanol–water partition coefficient (Wildman–Crippen LogP) is 3.70. The van der Waals surface area contributed by atoms with Crippen LogP contribution in [0.25, 0.3) is 0 Å². The van der Waals surface area contributed by atoms with Crippen LogP contribution in [0.15, 0.2) is 30.5 Å². The van der Waals surface area contributed by atoms with Gasteiger partial charge in [-0.25, -0.2) is 0 Å². The lowest BCUT2D eigenvalue weighted by atomic mass is 9.97. The molecule has 0 aromatic carbocycles. The average molecular weight is 373 g/mol. The van der Waals surface area contributed by atoms with Gasteiger partial charge in [0.05, 0.1) is 24.4 Å². The van der Waals surface area contributed by atoms with Crippen LogP contribution in [-0.4, -0.2) is 39.8 Å². The van der Waals surface area contributed by atoms with Crippen LogP contribution in [0.1, 0.15) is 54.6 Å². The van der Waals surface area contributed by atoms with Crippen molar-refractivity contribution >= 4 is 17.3 Å². The monoisotopic (exact) mass is 372 g/mol. The highest BCUT2D eigenvalue weighted by molar-refractivity contribution is 7.80. The van der Waals surface area contributed by atoms with Crippen LogP contribution in [0.2, 0.25) is 0 Å². The standard InChI is InChI=1S/C20H28N4OS/c1-13(2)24-14(3)12-16(15(24)4)19-18(17-8-6-7-9-21-17)22-20(26)23(19)10-11-25-5/h6-9,12-13,18-19H,10-11H2,1-5H3,(H,22,26)/t18-,19+/m1/s1. The zero-order valence-corrected chi connectivity index (χ0v) is 17.0. The van der Waals surface area contributed by atoms with Crippen molar-refractivity contribution in [3.05, 3.63) is 53.1 Å². The maximum absolute atomic E-state index is 5.67. The van der Waals surface area contributed by atoms with Gasteiger partial charge in [0.2, 0.25) is 0 Å². The smallest absolute Gasteiger partial charge is 0.170 e. The van der Waals surface area contributed by atoms with Crippen LogP contribution >= 0.6 is 12.2 Å². The molecule has 0 saturated carbocycles. The first-order valence-corrected chi connectivity index (χ1v) is 9.51. The molecule has 0 radical (unpaired) electrons. The lowest BCUT2D eigenvalue weighted by Gasteiger charge is -2.28. The Morgan fingerprint density at radius 3 is 2.65 bits per heavy atom. The second-order valence-electron chi connectivity index (χ2n) is 7.10. The molecule has 3 rings (SSSR count). The number of methoxy groups -OCH3 is 1. The van der Waals surface area contributed by atoms with Gasteiger partial charge in [0.15, 0.2) is 5.11 Å². The van der Waals surface area contributed by atoms with E-state index >= 15 is 0 Å². The van der Waals surface area contributed by atoms with E-state index in [4.69, 9.17) is 17.0 Å². The largest absolute Gasteiger partial charge is 0.383 e. The van der Waals surface area contributed by atoms with Gasteiger partial charge in [0, 0.05) is 37.3 Å². The van der Waals surface area contributed by atoms with E-state index in [-0.39, 0.29) is 12.1 Å². The van der Waals surface area contributed by atoms with Gasteiger partial charge in [-0.1, -0.05) is 6.07 Å². The molecule has 1 saturated heterocycles. The fraction of sp³-hybridized carbons (Fsp3) is 0.500. The number of nitrogens with one attached hydrogen (secondary N) is 1. The fourth-order valence-corrected chi connectivity index (χ4v) is 4.40. The fourth-order valence-electron chi connectivity index (χ4n) is 4.07. The molecule has 0 amide bonds. The zero-order chi connectivity index (χ0) is 18.8. The molecule has 1 fully saturated rings. The summed E-state index contributed by atoms with van der Waals surface area (Å²) in [6.45, 7) is 10.2. The topological polar surface area (TPSA) is 42.3 Å². The first-order chi connectivity index (χ1) is 12.5. The number of nitrogens with zero attached hydrogens (tertiary/aromatic N) is 3. The zero-order valence-electron chi connectivity index (χ0n) is 16.2. The van der Waals surface area contributed by atoms with Crippen molar-refractivity contribution in [2.45, 2.75) is 45.8 Å². The van der Waals surface area contributed by atoms with Crippen LogP contribution in [0, 0.1) is 13.8 Å². The van der Waals surface area contributed by atoms with E-state index in [0.29, 0.717) is 12.6 Å². The lowest BCUT2D eigenvalue weighted by molar-refractivity contribution is 0.164. The molecule has 2 aromatic rings. The van der Waals surface area contributed by atoms with Gasteiger partial charge in [-0.15, -0.1) is 0 Å². The first-order valence-electron chi connectivity index (χ1n) is 9.11. The second kappa shape index (κ2) is 7.76. The van der Waals surface area contributed by atoms with Crippen molar-refractivity contribution in [2.75, 3.05) is 20.3 Å². The molecule has 1 aliphatic rings. The van der Waals surface area contributed by atoms with Crippen molar-refractivity contribution < 1.29 is 4.74 Å². The van der Waals surface area contributed by atoms with Crippen molar-refractivity contribution in [2.24, 2.45) is 0 Å². The molecule has 1 aliphatic heterocycles. The Hall–Kier alpha value is -1.92. The minimum Gasteiger partial charge on any atom is -0.383 e. The van der Waals surface area contributed by atoms with Gasteiger partial charge >= 0.3 is 0 Å². The minimum absolute atomic E-state index is 0.0293. The van der Waals surface area contributed by atoms with Crippen LogP contribution in [0.4, 0.5) is 0 Å². The third-order valence-electron chi connectivity index (χ3n) is 5.09. The maximum atomic E-state index is 5.67. The summed E-state index contributed by atoms with van der Waals surface area (Å²) in [5.41, 5.74) is 4.87. The molecule has 1 N–H and O–H groups in total. The number of hydrogen-bond donors (Lipinski definition) is 1. The average Bonchev–Trinajstić information content (AvgIpc) is 3.09.